The Kier molecular flexibility index (Phi) is 9.28. The number of amides is 1. The third-order valence-electron chi connectivity index (χ3n) is 8.40. The Morgan fingerprint density at radius 3 is 2.33 bits per heavy atom. The fourth-order valence-corrected chi connectivity index (χ4v) is 7.22. The molecule has 1 spiro atoms. The molecular weight excluding hydrogens is 548 g/mol. The van der Waals surface area contributed by atoms with Gasteiger partial charge in [0.2, 0.25) is 10.0 Å². The van der Waals surface area contributed by atoms with E-state index in [2.05, 4.69) is 10.6 Å². The van der Waals surface area contributed by atoms with E-state index in [1.54, 1.807) is 6.08 Å². The average Bonchev–Trinajstić information content (AvgIpc) is 3.21. The van der Waals surface area contributed by atoms with Crippen molar-refractivity contribution in [2.24, 2.45) is 16.8 Å². The van der Waals surface area contributed by atoms with Gasteiger partial charge in [0.05, 0.1) is 0 Å². The van der Waals surface area contributed by atoms with Crippen LogP contribution in [0.5, 0.6) is 0 Å². The number of anilines is 1. The topological polar surface area (TPSA) is 90.9 Å². The van der Waals surface area contributed by atoms with Crippen LogP contribution in [0, 0.1) is 25.7 Å². The van der Waals surface area contributed by atoms with Gasteiger partial charge in [-0.25, -0.2) is 12.8 Å². The van der Waals surface area contributed by atoms with E-state index in [4.69, 9.17) is 4.99 Å². The third-order valence-corrected chi connectivity index (χ3v) is 9.97. The molecule has 0 atom stereocenters. The third kappa shape index (κ3) is 7.23. The van der Waals surface area contributed by atoms with E-state index in [-0.39, 0.29) is 56.6 Å². The number of aliphatic imine (C=N–C) groups is 1. The molecular formula is C28H38F4N4O3S. The summed E-state index contributed by atoms with van der Waals surface area (Å²) < 4.78 is 77.7. The van der Waals surface area contributed by atoms with Crippen LogP contribution in [0.1, 0.15) is 68.1 Å². The van der Waals surface area contributed by atoms with Crippen LogP contribution in [0.15, 0.2) is 22.5 Å². The van der Waals surface area contributed by atoms with Crippen molar-refractivity contribution in [1.82, 2.24) is 9.62 Å². The summed E-state index contributed by atoms with van der Waals surface area (Å²) in [4.78, 5) is 17.7. The van der Waals surface area contributed by atoms with Crippen LogP contribution in [0.4, 0.5) is 23.2 Å². The van der Waals surface area contributed by atoms with Gasteiger partial charge < -0.3 is 10.6 Å². The van der Waals surface area contributed by atoms with Gasteiger partial charge in [0.1, 0.15) is 18.0 Å². The van der Waals surface area contributed by atoms with Crippen LogP contribution < -0.4 is 10.6 Å². The number of carbonyl (C=O) groups is 1. The van der Waals surface area contributed by atoms with Crippen molar-refractivity contribution in [1.29, 1.82) is 0 Å². The van der Waals surface area contributed by atoms with E-state index in [1.807, 2.05) is 26.0 Å². The van der Waals surface area contributed by atoms with Crippen LogP contribution in [0.25, 0.3) is 6.08 Å². The normalized spacial score (nSPS) is 23.9. The molecule has 12 heteroatoms. The Bertz CT molecular complexity index is 1220. The summed E-state index contributed by atoms with van der Waals surface area (Å²) in [5, 5.41) is 7.08. The van der Waals surface area contributed by atoms with Gasteiger partial charge in [0.15, 0.2) is 0 Å². The van der Waals surface area contributed by atoms with Gasteiger partial charge in [-0.05, 0) is 99.6 Å². The van der Waals surface area contributed by atoms with E-state index >= 15 is 0 Å². The van der Waals surface area contributed by atoms with Gasteiger partial charge in [-0.1, -0.05) is 0 Å². The van der Waals surface area contributed by atoms with Crippen molar-refractivity contribution in [3.63, 3.8) is 0 Å². The second-order valence-corrected chi connectivity index (χ2v) is 13.1. The minimum absolute atomic E-state index is 0.0141. The van der Waals surface area contributed by atoms with Gasteiger partial charge in [-0.2, -0.15) is 17.5 Å². The Labute approximate surface area is 233 Å². The molecule has 1 amide bonds. The molecule has 1 aliphatic carbocycles. The number of rotatable bonds is 9. The van der Waals surface area contributed by atoms with E-state index in [0.29, 0.717) is 31.5 Å². The van der Waals surface area contributed by atoms with Crippen molar-refractivity contribution in [2.75, 3.05) is 31.6 Å². The molecule has 40 heavy (non-hydrogen) atoms. The van der Waals surface area contributed by atoms with Crippen LogP contribution in [0.2, 0.25) is 0 Å². The first-order chi connectivity index (χ1) is 18.8. The summed E-state index contributed by atoms with van der Waals surface area (Å²) in [5.41, 5.74) is 2.29. The lowest BCUT2D eigenvalue weighted by Gasteiger charge is -2.34. The van der Waals surface area contributed by atoms with Gasteiger partial charge in [-0.3, -0.25) is 9.79 Å². The maximum Gasteiger partial charge on any atom is 0.389 e. The van der Waals surface area contributed by atoms with Crippen LogP contribution in [0.3, 0.4) is 0 Å². The molecule has 0 aromatic heterocycles. The fraction of sp³-hybridized carbons (Fsp3) is 0.643. The number of halogens is 4. The quantitative estimate of drug-likeness (QED) is 0.374. The molecule has 2 heterocycles. The summed E-state index contributed by atoms with van der Waals surface area (Å²) in [7, 11) is -3.73. The zero-order chi connectivity index (χ0) is 29.1. The maximum atomic E-state index is 13.1. The second kappa shape index (κ2) is 12.2. The monoisotopic (exact) mass is 586 g/mol. The largest absolute Gasteiger partial charge is 0.389 e. The van der Waals surface area contributed by atoms with Gasteiger partial charge in [-0.15, -0.1) is 0 Å². The highest BCUT2D eigenvalue weighted by atomic mass is 32.2. The number of nitrogens with zero attached hydrogens (tertiary/aromatic N) is 2. The number of amidine groups is 1. The molecule has 3 aliphatic rings. The van der Waals surface area contributed by atoms with E-state index in [9.17, 15) is 30.8 Å². The standard InChI is InChI=1S/C28H38F4N4O3S/c1-19-17-23(33-13-12-29)18-20(2)24(19)8-16-40(38,39)36-14-10-27(11-15-36)26(37)34-25(35-27)22-5-3-21(4-6-22)7-9-28(30,31)32/h8,16-18,21-22,33H,3-7,9-15H2,1-2H3,(H,34,35,37)/b16-8+. The van der Waals surface area contributed by atoms with Crippen LogP contribution >= 0.6 is 0 Å². The molecule has 2 N–H and O–H groups in total. The predicted molar refractivity (Wildman–Crippen MR) is 148 cm³/mol. The van der Waals surface area contributed by atoms with Crippen LogP contribution in [-0.2, 0) is 14.8 Å². The molecule has 7 nitrogen and oxygen atoms in total. The molecule has 2 aliphatic heterocycles. The van der Waals surface area contributed by atoms with Gasteiger partial charge in [0, 0.05) is 43.1 Å². The van der Waals surface area contributed by atoms with Crippen molar-refractivity contribution in [2.45, 2.75) is 76.9 Å². The number of hydrogen-bond acceptors (Lipinski definition) is 5. The first-order valence-electron chi connectivity index (χ1n) is 13.9. The zero-order valence-corrected chi connectivity index (χ0v) is 23.8. The summed E-state index contributed by atoms with van der Waals surface area (Å²) in [5.74, 6) is 0.433. The lowest BCUT2D eigenvalue weighted by Crippen LogP contribution is -2.50. The fourth-order valence-electron chi connectivity index (χ4n) is 6.05. The first kappa shape index (κ1) is 30.5. The average molecular weight is 587 g/mol. The smallest absolute Gasteiger partial charge is 0.382 e. The summed E-state index contributed by atoms with van der Waals surface area (Å²) >= 11 is 0. The molecule has 0 bridgehead atoms. The number of alkyl halides is 4. The SMILES string of the molecule is Cc1cc(NCCF)cc(C)c1/C=C/S(=O)(=O)N1CCC2(CC1)N=C(C1CCC(CCC(F)(F)F)CC1)NC2=O. The van der Waals surface area contributed by atoms with Crippen molar-refractivity contribution >= 4 is 33.5 Å². The molecule has 1 saturated carbocycles. The minimum Gasteiger partial charge on any atom is -0.382 e. The zero-order valence-electron chi connectivity index (χ0n) is 23.0. The summed E-state index contributed by atoms with van der Waals surface area (Å²) in [6, 6.07) is 3.70. The van der Waals surface area contributed by atoms with E-state index in [0.717, 1.165) is 22.4 Å². The lowest BCUT2D eigenvalue weighted by molar-refractivity contribution is -0.138. The van der Waals surface area contributed by atoms with Gasteiger partial charge in [0.25, 0.3) is 5.91 Å². The van der Waals surface area contributed by atoms with E-state index in [1.165, 1.54) is 9.71 Å². The summed E-state index contributed by atoms with van der Waals surface area (Å²) in [6.45, 7) is 3.77. The molecule has 0 radical (unpaired) electrons. The highest BCUT2D eigenvalue weighted by Crippen LogP contribution is 2.38. The second-order valence-electron chi connectivity index (χ2n) is 11.2. The molecule has 222 valence electrons. The van der Waals surface area contributed by atoms with Crippen LogP contribution in [-0.4, -0.2) is 62.5 Å². The number of aryl methyl sites for hydroxylation is 2. The number of benzene rings is 1. The molecule has 1 aromatic carbocycles. The number of carbonyl (C=O) groups excluding carboxylic acids is 1. The number of sulfonamides is 1. The van der Waals surface area contributed by atoms with Crippen molar-refractivity contribution < 1.29 is 30.8 Å². The Hall–Kier alpha value is -2.47. The predicted octanol–water partition coefficient (Wildman–Crippen LogP) is 5.50. The first-order valence-corrected chi connectivity index (χ1v) is 15.4. The van der Waals surface area contributed by atoms with Crippen molar-refractivity contribution in [3.8, 4) is 0 Å². The Balaban J connectivity index is 1.35. The molecule has 1 saturated heterocycles. The lowest BCUT2D eigenvalue weighted by atomic mass is 9.79. The highest BCUT2D eigenvalue weighted by molar-refractivity contribution is 7.92. The number of nitrogens with one attached hydrogen (secondary N) is 2. The highest BCUT2D eigenvalue weighted by Gasteiger charge is 2.48. The Morgan fingerprint density at radius 1 is 1.12 bits per heavy atom. The Morgan fingerprint density at radius 2 is 1.75 bits per heavy atom. The minimum atomic E-state index is -4.14. The number of hydrogen-bond donors (Lipinski definition) is 2. The molecule has 2 fully saturated rings. The van der Waals surface area contributed by atoms with Gasteiger partial charge >= 0.3 is 6.18 Å². The summed E-state index contributed by atoms with van der Waals surface area (Å²) in [6.07, 6.45) is 0.0856. The number of piperidine rings is 1. The molecule has 4 rings (SSSR count). The van der Waals surface area contributed by atoms with Crippen molar-refractivity contribution in [3.05, 3.63) is 34.2 Å². The molecule has 0 unspecified atom stereocenters. The maximum absolute atomic E-state index is 13.1. The van der Waals surface area contributed by atoms with E-state index < -0.39 is 34.8 Å². The molecule has 1 aromatic rings.